The quantitative estimate of drug-likeness (QED) is 0.394. The Morgan fingerprint density at radius 1 is 1.20 bits per heavy atom. The zero-order valence-electron chi connectivity index (χ0n) is 18.3. The summed E-state index contributed by atoms with van der Waals surface area (Å²) in [7, 11) is 1.40. The van der Waals surface area contributed by atoms with Gasteiger partial charge in [-0.15, -0.1) is 11.3 Å². The first-order valence-electron chi connectivity index (χ1n) is 10.7. The largest absolute Gasteiger partial charge is 0.465 e. The Bertz CT molecular complexity index is 869. The molecule has 0 aliphatic heterocycles. The molecule has 6 heteroatoms. The van der Waals surface area contributed by atoms with Gasteiger partial charge in [-0.1, -0.05) is 57.5 Å². The van der Waals surface area contributed by atoms with Crippen LogP contribution in [-0.2, 0) is 4.74 Å². The molecule has 4 nitrogen and oxygen atoms in total. The lowest BCUT2D eigenvalue weighted by Crippen LogP contribution is -2.41. The minimum atomic E-state index is -0.360. The maximum Gasteiger partial charge on any atom is 0.340 e. The van der Waals surface area contributed by atoms with Crippen LogP contribution >= 0.6 is 23.6 Å². The van der Waals surface area contributed by atoms with E-state index in [4.69, 9.17) is 17.0 Å². The van der Waals surface area contributed by atoms with Crippen molar-refractivity contribution in [3.63, 3.8) is 0 Å². The molecule has 30 heavy (non-hydrogen) atoms. The van der Waals surface area contributed by atoms with Crippen molar-refractivity contribution in [2.75, 3.05) is 12.4 Å². The Kier molecular flexibility index (Phi) is 7.53. The molecular formula is C24H32N2O2S2. The van der Waals surface area contributed by atoms with Gasteiger partial charge in [-0.05, 0) is 60.9 Å². The van der Waals surface area contributed by atoms with E-state index in [1.807, 2.05) is 36.4 Å². The van der Waals surface area contributed by atoms with Gasteiger partial charge in [-0.2, -0.15) is 0 Å². The van der Waals surface area contributed by atoms with Gasteiger partial charge < -0.3 is 15.4 Å². The van der Waals surface area contributed by atoms with Crippen LogP contribution in [0, 0.1) is 11.3 Å². The summed E-state index contributed by atoms with van der Waals surface area (Å²) in [5, 5.41) is 8.01. The molecule has 0 atom stereocenters. The molecule has 1 fully saturated rings. The molecule has 1 aliphatic carbocycles. The van der Waals surface area contributed by atoms with Crippen LogP contribution in [0.4, 0.5) is 5.00 Å². The van der Waals surface area contributed by atoms with Gasteiger partial charge >= 0.3 is 5.97 Å². The lowest BCUT2D eigenvalue weighted by molar-refractivity contribution is 0.0602. The topological polar surface area (TPSA) is 50.4 Å². The van der Waals surface area contributed by atoms with Crippen LogP contribution in [0.5, 0.6) is 0 Å². The molecule has 1 saturated carbocycles. The third-order valence-electron chi connectivity index (χ3n) is 6.50. The van der Waals surface area contributed by atoms with Crippen molar-refractivity contribution >= 4 is 39.6 Å². The number of thiocarbonyl (C=S) groups is 1. The van der Waals surface area contributed by atoms with Crippen molar-refractivity contribution in [1.82, 2.24) is 5.32 Å². The molecule has 0 radical (unpaired) electrons. The number of benzene rings is 1. The fourth-order valence-electron chi connectivity index (χ4n) is 4.12. The summed E-state index contributed by atoms with van der Waals surface area (Å²) >= 11 is 7.10. The summed E-state index contributed by atoms with van der Waals surface area (Å²) < 4.78 is 4.98. The second-order valence-electron chi connectivity index (χ2n) is 8.70. The van der Waals surface area contributed by atoms with E-state index in [0.717, 1.165) is 34.2 Å². The first kappa shape index (κ1) is 22.8. The average molecular weight is 445 g/mol. The molecule has 1 heterocycles. The Labute approximate surface area is 189 Å². The standard InChI is InChI=1S/C24H32N2O2S2/c1-5-24(2,3)17-11-13-18(14-12-17)25-23(29)26-21-19(22(27)28-4)15-20(30-21)16-9-7-6-8-10-16/h6-10,15,17-18H,5,11-14H2,1-4H3,(H2,25,26,29). The van der Waals surface area contributed by atoms with Crippen LogP contribution in [0.1, 0.15) is 63.2 Å². The normalized spacial score (nSPS) is 19.2. The first-order valence-corrected chi connectivity index (χ1v) is 11.9. The van der Waals surface area contributed by atoms with Crippen LogP contribution in [0.3, 0.4) is 0 Å². The summed E-state index contributed by atoms with van der Waals surface area (Å²) in [6.07, 6.45) is 5.92. The van der Waals surface area contributed by atoms with Gasteiger partial charge in [-0.25, -0.2) is 4.79 Å². The highest BCUT2D eigenvalue weighted by atomic mass is 32.1. The Balaban J connectivity index is 1.65. The second kappa shape index (κ2) is 9.92. The van der Waals surface area contributed by atoms with Gasteiger partial charge in [0.2, 0.25) is 0 Å². The van der Waals surface area contributed by atoms with Crippen LogP contribution < -0.4 is 10.6 Å². The molecule has 3 rings (SSSR count). The number of carbonyl (C=O) groups is 1. The average Bonchev–Trinajstić information content (AvgIpc) is 3.17. The second-order valence-corrected chi connectivity index (χ2v) is 10.2. The summed E-state index contributed by atoms with van der Waals surface area (Å²) in [5.41, 5.74) is 1.99. The zero-order chi connectivity index (χ0) is 21.7. The molecule has 162 valence electrons. The third kappa shape index (κ3) is 5.41. The number of anilines is 1. The van der Waals surface area contributed by atoms with Crippen LogP contribution in [0.15, 0.2) is 36.4 Å². The number of nitrogens with one attached hydrogen (secondary N) is 2. The highest BCUT2D eigenvalue weighted by Crippen LogP contribution is 2.40. The summed E-state index contributed by atoms with van der Waals surface area (Å²) in [6, 6.07) is 12.3. The van der Waals surface area contributed by atoms with E-state index < -0.39 is 0 Å². The van der Waals surface area contributed by atoms with Crippen molar-refractivity contribution < 1.29 is 9.53 Å². The molecular weight excluding hydrogens is 412 g/mol. The SMILES string of the molecule is CCC(C)(C)C1CCC(NC(=S)Nc2sc(-c3ccccc3)cc2C(=O)OC)CC1. The minimum Gasteiger partial charge on any atom is -0.465 e. The number of methoxy groups -OCH3 is 1. The van der Waals surface area contributed by atoms with Crippen molar-refractivity contribution in [3.05, 3.63) is 42.0 Å². The zero-order valence-corrected chi connectivity index (χ0v) is 19.9. The van der Waals surface area contributed by atoms with Crippen LogP contribution in [-0.4, -0.2) is 24.2 Å². The summed E-state index contributed by atoms with van der Waals surface area (Å²) in [4.78, 5) is 13.3. The number of carbonyl (C=O) groups excluding carboxylic acids is 1. The number of esters is 1. The Morgan fingerprint density at radius 3 is 2.47 bits per heavy atom. The van der Waals surface area contributed by atoms with Gasteiger partial charge in [0.1, 0.15) is 5.00 Å². The molecule has 0 spiro atoms. The van der Waals surface area contributed by atoms with Crippen LogP contribution in [0.25, 0.3) is 10.4 Å². The van der Waals surface area contributed by atoms with Crippen LogP contribution in [0.2, 0.25) is 0 Å². The maximum absolute atomic E-state index is 12.3. The molecule has 0 bridgehead atoms. The molecule has 0 amide bonds. The number of hydrogen-bond acceptors (Lipinski definition) is 4. The molecule has 1 aliphatic rings. The lowest BCUT2D eigenvalue weighted by Gasteiger charge is -2.39. The van der Waals surface area contributed by atoms with Gasteiger partial charge in [0.05, 0.1) is 12.7 Å². The Hall–Kier alpha value is -1.92. The monoisotopic (exact) mass is 444 g/mol. The summed E-state index contributed by atoms with van der Waals surface area (Å²) in [6.45, 7) is 7.05. The fraction of sp³-hybridized carbons (Fsp3) is 0.500. The molecule has 0 unspecified atom stereocenters. The van der Waals surface area contributed by atoms with Crippen molar-refractivity contribution in [3.8, 4) is 10.4 Å². The van der Waals surface area contributed by atoms with Gasteiger partial charge in [-0.3, -0.25) is 0 Å². The third-order valence-corrected chi connectivity index (χ3v) is 7.82. The first-order chi connectivity index (χ1) is 14.3. The molecule has 0 saturated heterocycles. The van der Waals surface area contributed by atoms with E-state index in [1.54, 1.807) is 0 Å². The minimum absolute atomic E-state index is 0.360. The van der Waals surface area contributed by atoms with Gasteiger partial charge in [0.25, 0.3) is 0 Å². The van der Waals surface area contributed by atoms with E-state index in [2.05, 4.69) is 31.4 Å². The lowest BCUT2D eigenvalue weighted by atomic mass is 9.69. The molecule has 1 aromatic heterocycles. The highest BCUT2D eigenvalue weighted by molar-refractivity contribution is 7.80. The van der Waals surface area contributed by atoms with Gasteiger partial charge in [0.15, 0.2) is 5.11 Å². The molecule has 2 N–H and O–H groups in total. The van der Waals surface area contributed by atoms with E-state index in [1.165, 1.54) is 37.7 Å². The van der Waals surface area contributed by atoms with E-state index >= 15 is 0 Å². The van der Waals surface area contributed by atoms with Crippen molar-refractivity contribution in [2.45, 2.75) is 58.9 Å². The van der Waals surface area contributed by atoms with Crippen molar-refractivity contribution in [1.29, 1.82) is 0 Å². The van der Waals surface area contributed by atoms with Crippen molar-refractivity contribution in [2.24, 2.45) is 11.3 Å². The predicted molar refractivity (Wildman–Crippen MR) is 130 cm³/mol. The molecule has 2 aromatic rings. The molecule has 1 aromatic carbocycles. The number of thiophene rings is 1. The highest BCUT2D eigenvalue weighted by Gasteiger charge is 2.32. The van der Waals surface area contributed by atoms with E-state index in [9.17, 15) is 4.79 Å². The number of rotatable bonds is 6. The Morgan fingerprint density at radius 2 is 1.87 bits per heavy atom. The smallest absolute Gasteiger partial charge is 0.340 e. The fourth-order valence-corrected chi connectivity index (χ4v) is 5.51. The predicted octanol–water partition coefficient (Wildman–Crippen LogP) is 6.48. The van der Waals surface area contributed by atoms with E-state index in [-0.39, 0.29) is 5.97 Å². The van der Waals surface area contributed by atoms with Gasteiger partial charge in [0, 0.05) is 10.9 Å². The summed E-state index contributed by atoms with van der Waals surface area (Å²) in [5.74, 6) is 0.416. The maximum atomic E-state index is 12.3. The number of ether oxygens (including phenoxy) is 1. The number of hydrogen-bond donors (Lipinski definition) is 2. The van der Waals surface area contributed by atoms with E-state index in [0.29, 0.717) is 22.1 Å².